The zero-order valence-electron chi connectivity index (χ0n) is 14.1. The Morgan fingerprint density at radius 2 is 2.09 bits per heavy atom. The summed E-state index contributed by atoms with van der Waals surface area (Å²) in [6, 6.07) is 1.98. The molecule has 23 heavy (non-hydrogen) atoms. The van der Waals surface area contributed by atoms with Crippen LogP contribution in [0.1, 0.15) is 30.4 Å². The van der Waals surface area contributed by atoms with Gasteiger partial charge in [-0.25, -0.2) is 0 Å². The lowest BCUT2D eigenvalue weighted by atomic mass is 10.2. The second-order valence-corrected chi connectivity index (χ2v) is 6.11. The molecule has 0 bridgehead atoms. The van der Waals surface area contributed by atoms with E-state index in [1.807, 2.05) is 26.8 Å². The van der Waals surface area contributed by atoms with Gasteiger partial charge in [-0.2, -0.15) is 5.10 Å². The Morgan fingerprint density at radius 3 is 2.74 bits per heavy atom. The van der Waals surface area contributed by atoms with E-state index < -0.39 is 0 Å². The summed E-state index contributed by atoms with van der Waals surface area (Å²) in [6.45, 7) is 11.4. The minimum absolute atomic E-state index is 0.546. The first-order chi connectivity index (χ1) is 11.1. The van der Waals surface area contributed by atoms with Gasteiger partial charge in [-0.15, -0.1) is 0 Å². The fraction of sp³-hybridized carbons (Fsp3) is 0.625. The van der Waals surface area contributed by atoms with Crippen LogP contribution < -0.4 is 10.7 Å². The summed E-state index contributed by atoms with van der Waals surface area (Å²) in [5, 5.41) is 8.04. The third kappa shape index (κ3) is 5.93. The van der Waals surface area contributed by atoms with Crippen molar-refractivity contribution in [3.05, 3.63) is 23.2 Å². The summed E-state index contributed by atoms with van der Waals surface area (Å²) in [6.07, 6.45) is 1.05. The van der Waals surface area contributed by atoms with Gasteiger partial charge in [0.2, 0.25) is 0 Å². The Kier molecular flexibility index (Phi) is 7.01. The van der Waals surface area contributed by atoms with Crippen LogP contribution in [0.3, 0.4) is 0 Å². The number of morpholine rings is 1. The molecule has 2 rings (SSSR count). The van der Waals surface area contributed by atoms with Crippen molar-refractivity contribution in [1.29, 1.82) is 0 Å². The molecule has 128 valence electrons. The van der Waals surface area contributed by atoms with E-state index in [-0.39, 0.29) is 0 Å². The minimum atomic E-state index is 0.546. The first-order valence-electron chi connectivity index (χ1n) is 8.02. The highest BCUT2D eigenvalue weighted by Gasteiger charge is 2.09. The highest BCUT2D eigenvalue weighted by molar-refractivity contribution is 7.80. The lowest BCUT2D eigenvalue weighted by molar-refractivity contribution is 0.0376. The van der Waals surface area contributed by atoms with Gasteiger partial charge in [0.05, 0.1) is 18.9 Å². The SMILES string of the molecule is C/C(=N/NC(=S)NCCCN1CCOCC1)c1cc(C)oc1C. The molecule has 6 nitrogen and oxygen atoms in total. The molecular formula is C16H26N4O2S. The maximum atomic E-state index is 5.51. The van der Waals surface area contributed by atoms with Crippen LogP contribution in [0, 0.1) is 13.8 Å². The monoisotopic (exact) mass is 338 g/mol. The van der Waals surface area contributed by atoms with Crippen LogP contribution in [0.25, 0.3) is 0 Å². The third-order valence-electron chi connectivity index (χ3n) is 3.80. The zero-order chi connectivity index (χ0) is 16.7. The molecule has 2 N–H and O–H groups in total. The standard InChI is InChI=1S/C16H26N4O2S/c1-12-11-15(14(3)22-12)13(2)18-19-16(23)17-5-4-6-20-7-9-21-10-8-20/h11H,4-10H2,1-3H3,(H2,17,19,23)/b18-13-. The Balaban J connectivity index is 1.66. The van der Waals surface area contributed by atoms with Crippen molar-refractivity contribution < 1.29 is 9.15 Å². The van der Waals surface area contributed by atoms with Crippen LogP contribution in [-0.2, 0) is 4.74 Å². The van der Waals surface area contributed by atoms with Crippen LogP contribution in [-0.4, -0.2) is 55.1 Å². The number of hydrogen-bond donors (Lipinski definition) is 2. The molecule has 0 unspecified atom stereocenters. The quantitative estimate of drug-likeness (QED) is 0.357. The van der Waals surface area contributed by atoms with E-state index in [4.69, 9.17) is 21.4 Å². The second kappa shape index (κ2) is 9.00. The average molecular weight is 338 g/mol. The normalized spacial score (nSPS) is 16.4. The maximum Gasteiger partial charge on any atom is 0.186 e. The van der Waals surface area contributed by atoms with Gasteiger partial charge in [0.1, 0.15) is 11.5 Å². The van der Waals surface area contributed by atoms with Crippen molar-refractivity contribution in [3.63, 3.8) is 0 Å². The van der Waals surface area contributed by atoms with E-state index in [0.717, 1.165) is 68.6 Å². The molecule has 0 spiro atoms. The van der Waals surface area contributed by atoms with E-state index in [9.17, 15) is 0 Å². The summed E-state index contributed by atoms with van der Waals surface area (Å²) in [5.74, 6) is 1.76. The van der Waals surface area contributed by atoms with Crippen molar-refractivity contribution >= 4 is 23.0 Å². The fourth-order valence-electron chi connectivity index (χ4n) is 2.55. The second-order valence-electron chi connectivity index (χ2n) is 5.70. The molecule has 1 aromatic heterocycles. The molecular weight excluding hydrogens is 312 g/mol. The molecule has 0 aromatic carbocycles. The Hall–Kier alpha value is -1.44. The lowest BCUT2D eigenvalue weighted by Crippen LogP contribution is -2.39. The predicted molar refractivity (Wildman–Crippen MR) is 96.0 cm³/mol. The largest absolute Gasteiger partial charge is 0.466 e. The van der Waals surface area contributed by atoms with Crippen molar-refractivity contribution in [1.82, 2.24) is 15.6 Å². The zero-order valence-corrected chi connectivity index (χ0v) is 15.0. The van der Waals surface area contributed by atoms with Gasteiger partial charge in [-0.3, -0.25) is 10.3 Å². The van der Waals surface area contributed by atoms with Gasteiger partial charge in [-0.05, 0) is 52.0 Å². The number of hydrogen-bond acceptors (Lipinski definition) is 5. The third-order valence-corrected chi connectivity index (χ3v) is 4.03. The van der Waals surface area contributed by atoms with Gasteiger partial charge in [0.25, 0.3) is 0 Å². The van der Waals surface area contributed by atoms with Crippen LogP contribution in [0.2, 0.25) is 0 Å². The van der Waals surface area contributed by atoms with E-state index in [2.05, 4.69) is 20.7 Å². The van der Waals surface area contributed by atoms with Gasteiger partial charge >= 0.3 is 0 Å². The van der Waals surface area contributed by atoms with Crippen LogP contribution in [0.5, 0.6) is 0 Å². The molecule has 1 fully saturated rings. The summed E-state index contributed by atoms with van der Waals surface area (Å²) < 4.78 is 10.8. The maximum absolute atomic E-state index is 5.51. The van der Waals surface area contributed by atoms with E-state index >= 15 is 0 Å². The Labute approximate surface area is 143 Å². The lowest BCUT2D eigenvalue weighted by Gasteiger charge is -2.26. The van der Waals surface area contributed by atoms with Gasteiger partial charge in [0.15, 0.2) is 5.11 Å². The summed E-state index contributed by atoms with van der Waals surface area (Å²) >= 11 is 5.24. The highest BCUT2D eigenvalue weighted by atomic mass is 32.1. The molecule has 0 saturated carbocycles. The Morgan fingerprint density at radius 1 is 1.35 bits per heavy atom. The summed E-state index contributed by atoms with van der Waals surface area (Å²) in [4.78, 5) is 2.41. The van der Waals surface area contributed by atoms with Crippen LogP contribution in [0.4, 0.5) is 0 Å². The Bertz CT molecular complexity index is 550. The molecule has 1 aliphatic heterocycles. The number of rotatable bonds is 6. The molecule has 0 amide bonds. The van der Waals surface area contributed by atoms with E-state index in [1.165, 1.54) is 0 Å². The number of thiocarbonyl (C=S) groups is 1. The molecule has 1 aliphatic rings. The first kappa shape index (κ1) is 17.9. The number of aryl methyl sites for hydroxylation is 2. The van der Waals surface area contributed by atoms with Crippen LogP contribution in [0.15, 0.2) is 15.6 Å². The molecule has 1 saturated heterocycles. The predicted octanol–water partition coefficient (Wildman–Crippen LogP) is 1.81. The molecule has 1 aromatic rings. The van der Waals surface area contributed by atoms with Crippen molar-refractivity contribution in [2.24, 2.45) is 5.10 Å². The van der Waals surface area contributed by atoms with Gasteiger partial charge in [0, 0.05) is 25.2 Å². The fourth-order valence-corrected chi connectivity index (χ4v) is 2.70. The number of ether oxygens (including phenoxy) is 1. The van der Waals surface area contributed by atoms with Crippen molar-refractivity contribution in [3.8, 4) is 0 Å². The molecule has 0 aliphatic carbocycles. The summed E-state index contributed by atoms with van der Waals surface area (Å²) in [5.41, 5.74) is 4.75. The smallest absolute Gasteiger partial charge is 0.186 e. The van der Waals surface area contributed by atoms with Crippen molar-refractivity contribution in [2.45, 2.75) is 27.2 Å². The van der Waals surface area contributed by atoms with Crippen LogP contribution >= 0.6 is 12.2 Å². The highest BCUT2D eigenvalue weighted by Crippen LogP contribution is 2.14. The van der Waals surface area contributed by atoms with E-state index in [1.54, 1.807) is 0 Å². The topological polar surface area (TPSA) is 62.0 Å². The van der Waals surface area contributed by atoms with E-state index in [0.29, 0.717) is 5.11 Å². The van der Waals surface area contributed by atoms with Gasteiger partial charge < -0.3 is 14.5 Å². The van der Waals surface area contributed by atoms with Crippen molar-refractivity contribution in [2.75, 3.05) is 39.4 Å². The first-order valence-corrected chi connectivity index (χ1v) is 8.42. The molecule has 0 atom stereocenters. The molecule has 0 radical (unpaired) electrons. The average Bonchev–Trinajstić information content (AvgIpc) is 2.89. The van der Waals surface area contributed by atoms with Gasteiger partial charge in [-0.1, -0.05) is 0 Å². The molecule has 7 heteroatoms. The number of furan rings is 1. The molecule has 2 heterocycles. The number of hydrazone groups is 1. The minimum Gasteiger partial charge on any atom is -0.466 e. The number of nitrogens with zero attached hydrogens (tertiary/aromatic N) is 2. The summed E-state index contributed by atoms with van der Waals surface area (Å²) in [7, 11) is 0. The number of nitrogens with one attached hydrogen (secondary N) is 2.